The molecule has 3 aromatic rings. The van der Waals surface area contributed by atoms with Crippen molar-refractivity contribution in [1.29, 1.82) is 5.26 Å². The first-order valence-electron chi connectivity index (χ1n) is 6.69. The molecule has 0 saturated heterocycles. The van der Waals surface area contributed by atoms with Gasteiger partial charge in [-0.15, -0.1) is 0 Å². The number of H-pyrrole nitrogens is 1. The summed E-state index contributed by atoms with van der Waals surface area (Å²) in [5.74, 6) is -0.258. The SMILES string of the molecule is N#C/C(=C(/O)c1ccc(Cl)cc1)c1nc2ccccc2c(=O)[nH]1. The number of aliphatic hydroxyl groups is 1. The fourth-order valence-electron chi connectivity index (χ4n) is 2.17. The molecule has 0 aliphatic carbocycles. The molecule has 23 heavy (non-hydrogen) atoms. The molecular weight excluding hydrogens is 314 g/mol. The lowest BCUT2D eigenvalue weighted by Crippen LogP contribution is -2.11. The number of aromatic nitrogens is 2. The summed E-state index contributed by atoms with van der Waals surface area (Å²) < 4.78 is 0. The Bertz CT molecular complexity index is 1010. The summed E-state index contributed by atoms with van der Waals surface area (Å²) in [4.78, 5) is 18.9. The number of nitriles is 1. The number of nitrogens with one attached hydrogen (secondary N) is 1. The highest BCUT2D eigenvalue weighted by molar-refractivity contribution is 6.30. The van der Waals surface area contributed by atoms with Crippen molar-refractivity contribution in [2.75, 3.05) is 0 Å². The molecule has 3 rings (SSSR count). The molecule has 0 aliphatic heterocycles. The summed E-state index contributed by atoms with van der Waals surface area (Å²) >= 11 is 5.81. The second kappa shape index (κ2) is 5.95. The number of rotatable bonds is 2. The maximum atomic E-state index is 12.1. The predicted octanol–water partition coefficient (Wildman–Crippen LogP) is 3.53. The molecule has 1 heterocycles. The van der Waals surface area contributed by atoms with Gasteiger partial charge >= 0.3 is 0 Å². The van der Waals surface area contributed by atoms with E-state index < -0.39 is 0 Å². The Morgan fingerprint density at radius 3 is 2.57 bits per heavy atom. The van der Waals surface area contributed by atoms with E-state index in [4.69, 9.17) is 11.6 Å². The van der Waals surface area contributed by atoms with Crippen LogP contribution in [0.4, 0.5) is 0 Å². The molecular formula is C17H10ClN3O2. The summed E-state index contributed by atoms with van der Waals surface area (Å²) in [6.07, 6.45) is 0. The number of aliphatic hydroxyl groups excluding tert-OH is 1. The average molecular weight is 324 g/mol. The van der Waals surface area contributed by atoms with Crippen molar-refractivity contribution in [3.8, 4) is 6.07 Å². The van der Waals surface area contributed by atoms with Crippen LogP contribution >= 0.6 is 11.6 Å². The molecule has 2 aromatic carbocycles. The van der Waals surface area contributed by atoms with Gasteiger partial charge in [-0.05, 0) is 36.4 Å². The van der Waals surface area contributed by atoms with Gasteiger partial charge in [-0.1, -0.05) is 23.7 Å². The Morgan fingerprint density at radius 2 is 1.87 bits per heavy atom. The van der Waals surface area contributed by atoms with Gasteiger partial charge in [-0.2, -0.15) is 5.26 Å². The van der Waals surface area contributed by atoms with Crippen LogP contribution in [0.15, 0.2) is 53.3 Å². The lowest BCUT2D eigenvalue weighted by atomic mass is 10.1. The van der Waals surface area contributed by atoms with Crippen LogP contribution < -0.4 is 5.56 Å². The van der Waals surface area contributed by atoms with Crippen LogP contribution in [0.3, 0.4) is 0 Å². The minimum atomic E-state index is -0.373. The molecule has 0 saturated carbocycles. The molecule has 0 aliphatic rings. The molecule has 5 nitrogen and oxygen atoms in total. The summed E-state index contributed by atoms with van der Waals surface area (Å²) in [7, 11) is 0. The number of benzene rings is 2. The fourth-order valence-corrected chi connectivity index (χ4v) is 2.30. The van der Waals surface area contributed by atoms with Gasteiger partial charge in [0, 0.05) is 10.6 Å². The van der Waals surface area contributed by atoms with Crippen LogP contribution in [0.5, 0.6) is 0 Å². The van der Waals surface area contributed by atoms with Crippen molar-refractivity contribution in [1.82, 2.24) is 9.97 Å². The highest BCUT2D eigenvalue weighted by Crippen LogP contribution is 2.23. The number of allylic oxidation sites excluding steroid dienone is 1. The van der Waals surface area contributed by atoms with Crippen LogP contribution in [0.2, 0.25) is 5.02 Å². The first kappa shape index (κ1) is 14.8. The van der Waals surface area contributed by atoms with Crippen LogP contribution in [0, 0.1) is 11.3 Å². The fraction of sp³-hybridized carbons (Fsp3) is 0. The van der Waals surface area contributed by atoms with Gasteiger partial charge < -0.3 is 10.1 Å². The smallest absolute Gasteiger partial charge is 0.259 e. The van der Waals surface area contributed by atoms with Crippen molar-refractivity contribution >= 4 is 33.8 Å². The van der Waals surface area contributed by atoms with E-state index in [0.717, 1.165) is 0 Å². The monoisotopic (exact) mass is 323 g/mol. The Balaban J connectivity index is 2.22. The Kier molecular flexibility index (Phi) is 3.83. The number of halogens is 1. The molecule has 112 valence electrons. The van der Waals surface area contributed by atoms with Crippen molar-refractivity contribution in [3.63, 3.8) is 0 Å². The maximum absolute atomic E-state index is 12.1. The van der Waals surface area contributed by atoms with Gasteiger partial charge in [0.15, 0.2) is 5.82 Å². The molecule has 1 aromatic heterocycles. The van der Waals surface area contributed by atoms with Crippen LogP contribution in [0.1, 0.15) is 11.4 Å². The number of fused-ring (bicyclic) bond motifs is 1. The zero-order valence-electron chi connectivity index (χ0n) is 11.7. The van der Waals surface area contributed by atoms with E-state index in [2.05, 4.69) is 9.97 Å². The van der Waals surface area contributed by atoms with E-state index in [1.165, 1.54) is 0 Å². The van der Waals surface area contributed by atoms with Crippen LogP contribution in [-0.4, -0.2) is 15.1 Å². The van der Waals surface area contributed by atoms with E-state index in [1.54, 1.807) is 48.5 Å². The number of para-hydroxylation sites is 1. The topological polar surface area (TPSA) is 89.8 Å². The summed E-state index contributed by atoms with van der Waals surface area (Å²) in [6.45, 7) is 0. The minimum Gasteiger partial charge on any atom is -0.506 e. The molecule has 0 fully saturated rings. The van der Waals surface area contributed by atoms with Crippen molar-refractivity contribution < 1.29 is 5.11 Å². The number of hydrogen-bond acceptors (Lipinski definition) is 4. The summed E-state index contributed by atoms with van der Waals surface area (Å²) in [5, 5.41) is 20.6. The zero-order chi connectivity index (χ0) is 16.4. The van der Waals surface area contributed by atoms with E-state index >= 15 is 0 Å². The van der Waals surface area contributed by atoms with Gasteiger partial charge in [-0.3, -0.25) is 4.79 Å². The molecule has 0 radical (unpaired) electrons. The average Bonchev–Trinajstić information content (AvgIpc) is 2.56. The summed E-state index contributed by atoms with van der Waals surface area (Å²) in [6, 6.07) is 15.0. The van der Waals surface area contributed by atoms with E-state index in [0.29, 0.717) is 21.5 Å². The first-order chi connectivity index (χ1) is 11.1. The predicted molar refractivity (Wildman–Crippen MR) is 88.9 cm³/mol. The highest BCUT2D eigenvalue weighted by atomic mass is 35.5. The second-order valence-corrected chi connectivity index (χ2v) is 5.21. The molecule has 2 N–H and O–H groups in total. The molecule has 0 atom stereocenters. The molecule has 6 heteroatoms. The molecule has 0 bridgehead atoms. The zero-order valence-corrected chi connectivity index (χ0v) is 12.5. The van der Waals surface area contributed by atoms with Crippen molar-refractivity contribution in [2.45, 2.75) is 0 Å². The van der Waals surface area contributed by atoms with E-state index in [1.807, 2.05) is 6.07 Å². The number of nitrogens with zero attached hydrogens (tertiary/aromatic N) is 2. The van der Waals surface area contributed by atoms with Crippen LogP contribution in [0.25, 0.3) is 22.2 Å². The maximum Gasteiger partial charge on any atom is 0.259 e. The van der Waals surface area contributed by atoms with Gasteiger partial charge in [0.1, 0.15) is 17.4 Å². The molecule has 0 amide bonds. The van der Waals surface area contributed by atoms with E-state index in [-0.39, 0.29) is 22.7 Å². The number of aromatic amines is 1. The Morgan fingerprint density at radius 1 is 1.17 bits per heavy atom. The highest BCUT2D eigenvalue weighted by Gasteiger charge is 2.14. The van der Waals surface area contributed by atoms with E-state index in [9.17, 15) is 15.2 Å². The largest absolute Gasteiger partial charge is 0.506 e. The third-order valence-electron chi connectivity index (χ3n) is 3.32. The minimum absolute atomic E-state index is 0.0173. The number of hydrogen-bond donors (Lipinski definition) is 2. The van der Waals surface area contributed by atoms with Crippen molar-refractivity contribution in [2.24, 2.45) is 0 Å². The van der Waals surface area contributed by atoms with Crippen LogP contribution in [-0.2, 0) is 0 Å². The van der Waals surface area contributed by atoms with Gasteiger partial charge in [-0.25, -0.2) is 4.98 Å². The van der Waals surface area contributed by atoms with Gasteiger partial charge in [0.25, 0.3) is 5.56 Å². The molecule has 0 spiro atoms. The first-order valence-corrected chi connectivity index (χ1v) is 7.06. The lowest BCUT2D eigenvalue weighted by molar-refractivity contribution is 0.514. The summed E-state index contributed by atoms with van der Waals surface area (Å²) in [5.41, 5.74) is 0.363. The molecule has 0 unspecified atom stereocenters. The second-order valence-electron chi connectivity index (χ2n) is 4.77. The third kappa shape index (κ3) is 2.80. The Labute approximate surface area is 136 Å². The van der Waals surface area contributed by atoms with Crippen molar-refractivity contribution in [3.05, 3.63) is 75.3 Å². The quantitative estimate of drug-likeness (QED) is 0.557. The third-order valence-corrected chi connectivity index (χ3v) is 3.57. The Hall–Kier alpha value is -3.10. The van der Waals surface area contributed by atoms with Gasteiger partial charge in [0.2, 0.25) is 0 Å². The van der Waals surface area contributed by atoms with Gasteiger partial charge in [0.05, 0.1) is 10.9 Å². The normalized spacial score (nSPS) is 11.8. The standard InChI is InChI=1S/C17H10ClN3O2/c18-11-7-5-10(6-8-11)15(22)13(9-19)16-20-14-4-2-1-3-12(14)17(23)21-16/h1-8,22H,(H,20,21,23)/b15-13-. The lowest BCUT2D eigenvalue weighted by Gasteiger charge is -2.05.